The van der Waals surface area contributed by atoms with Crippen LogP contribution in [0, 0.1) is 0 Å². The van der Waals surface area contributed by atoms with Crippen molar-refractivity contribution in [3.8, 4) is 5.75 Å². The molecule has 0 radical (unpaired) electrons. The fourth-order valence-electron chi connectivity index (χ4n) is 2.75. The number of rotatable bonds is 4. The Morgan fingerprint density at radius 3 is 2.87 bits per heavy atom. The maximum absolute atomic E-state index is 12.1. The molecule has 0 bridgehead atoms. The molecule has 0 aromatic heterocycles. The highest BCUT2D eigenvalue weighted by molar-refractivity contribution is 5.86. The number of benzene rings is 2. The van der Waals surface area contributed by atoms with Gasteiger partial charge in [0.05, 0.1) is 12.8 Å². The van der Waals surface area contributed by atoms with E-state index in [0.29, 0.717) is 5.56 Å². The minimum atomic E-state index is -0.173. The lowest BCUT2D eigenvalue weighted by Crippen LogP contribution is -2.38. The van der Waals surface area contributed by atoms with Gasteiger partial charge in [-0.1, -0.05) is 30.3 Å². The molecule has 1 amide bonds. The molecule has 0 fully saturated rings. The number of para-hydroxylation sites is 2. The van der Waals surface area contributed by atoms with Crippen molar-refractivity contribution in [2.75, 3.05) is 18.0 Å². The number of carbonyl (C=O) groups is 1. The third-order valence-corrected chi connectivity index (χ3v) is 3.87. The van der Waals surface area contributed by atoms with Crippen LogP contribution in [0.2, 0.25) is 0 Å². The molecule has 118 valence electrons. The zero-order valence-electron chi connectivity index (χ0n) is 12.8. The largest absolute Gasteiger partial charge is 0.507 e. The van der Waals surface area contributed by atoms with E-state index in [9.17, 15) is 9.90 Å². The van der Waals surface area contributed by atoms with Crippen molar-refractivity contribution in [1.29, 1.82) is 0 Å². The van der Waals surface area contributed by atoms with Gasteiger partial charge >= 0.3 is 0 Å². The third-order valence-electron chi connectivity index (χ3n) is 3.87. The van der Waals surface area contributed by atoms with Crippen molar-refractivity contribution < 1.29 is 9.90 Å². The second-order valence-electron chi connectivity index (χ2n) is 5.51. The molecular weight excluding hydrogens is 290 g/mol. The molecular formula is C18H19N3O2. The van der Waals surface area contributed by atoms with Crippen LogP contribution >= 0.6 is 0 Å². The van der Waals surface area contributed by atoms with E-state index in [4.69, 9.17) is 0 Å². The molecule has 0 unspecified atom stereocenters. The van der Waals surface area contributed by atoms with E-state index in [2.05, 4.69) is 21.5 Å². The highest BCUT2D eigenvalue weighted by Crippen LogP contribution is 2.26. The number of aryl methyl sites for hydroxylation is 1. The molecule has 3 rings (SSSR count). The summed E-state index contributed by atoms with van der Waals surface area (Å²) in [5, 5.41) is 13.5. The summed E-state index contributed by atoms with van der Waals surface area (Å²) in [5.41, 5.74) is 5.49. The number of amides is 1. The first-order valence-electron chi connectivity index (χ1n) is 7.67. The number of fused-ring (bicyclic) bond motifs is 1. The van der Waals surface area contributed by atoms with Crippen molar-refractivity contribution >= 4 is 17.8 Å². The molecule has 1 heterocycles. The van der Waals surface area contributed by atoms with Gasteiger partial charge in [-0.05, 0) is 36.6 Å². The summed E-state index contributed by atoms with van der Waals surface area (Å²) < 4.78 is 0. The van der Waals surface area contributed by atoms with Crippen LogP contribution in [0.25, 0.3) is 0 Å². The predicted octanol–water partition coefficient (Wildman–Crippen LogP) is 2.30. The minimum absolute atomic E-state index is 0.135. The molecule has 0 saturated carbocycles. The topological polar surface area (TPSA) is 64.9 Å². The van der Waals surface area contributed by atoms with Crippen molar-refractivity contribution in [3.05, 3.63) is 59.7 Å². The summed E-state index contributed by atoms with van der Waals surface area (Å²) in [7, 11) is 0. The van der Waals surface area contributed by atoms with Crippen molar-refractivity contribution in [3.63, 3.8) is 0 Å². The zero-order chi connectivity index (χ0) is 16.1. The summed E-state index contributed by atoms with van der Waals surface area (Å²) in [6.07, 6.45) is 3.54. The van der Waals surface area contributed by atoms with E-state index in [1.54, 1.807) is 24.3 Å². The van der Waals surface area contributed by atoms with Crippen LogP contribution in [0.4, 0.5) is 5.69 Å². The summed E-state index contributed by atoms with van der Waals surface area (Å²) in [6, 6.07) is 15.0. The number of hydrogen-bond acceptors (Lipinski definition) is 4. The van der Waals surface area contributed by atoms with Crippen LogP contribution in [0.3, 0.4) is 0 Å². The molecule has 0 aliphatic carbocycles. The monoisotopic (exact) mass is 309 g/mol. The van der Waals surface area contributed by atoms with Gasteiger partial charge < -0.3 is 10.0 Å². The van der Waals surface area contributed by atoms with Gasteiger partial charge in [0.1, 0.15) is 5.75 Å². The number of phenolic OH excluding ortho intramolecular Hbond substituents is 1. The standard InChI is InChI=1S/C18H19N3O2/c22-17-10-4-2-7-15(17)12-19-20-18(23)13-21-11-5-8-14-6-1-3-9-16(14)21/h1-4,6-7,9-10,12,22H,5,8,11,13H2,(H,20,23)/b19-12+. The van der Waals surface area contributed by atoms with Gasteiger partial charge in [-0.25, -0.2) is 5.43 Å². The molecule has 1 aliphatic rings. The first-order valence-corrected chi connectivity index (χ1v) is 7.67. The SMILES string of the molecule is O=C(CN1CCCc2ccccc21)N/N=C/c1ccccc1O. The number of hydrogen-bond donors (Lipinski definition) is 2. The summed E-state index contributed by atoms with van der Waals surface area (Å²) in [4.78, 5) is 14.1. The Labute approximate surface area is 135 Å². The Morgan fingerprint density at radius 2 is 2.00 bits per heavy atom. The molecule has 2 aromatic rings. The Hall–Kier alpha value is -2.82. The average molecular weight is 309 g/mol. The lowest BCUT2D eigenvalue weighted by Gasteiger charge is -2.30. The lowest BCUT2D eigenvalue weighted by atomic mass is 10.0. The minimum Gasteiger partial charge on any atom is -0.507 e. The number of nitrogens with one attached hydrogen (secondary N) is 1. The molecule has 5 nitrogen and oxygen atoms in total. The lowest BCUT2D eigenvalue weighted by molar-refractivity contribution is -0.119. The van der Waals surface area contributed by atoms with Gasteiger partial charge in [0, 0.05) is 17.8 Å². The zero-order valence-corrected chi connectivity index (χ0v) is 12.8. The van der Waals surface area contributed by atoms with Crippen molar-refractivity contribution in [2.45, 2.75) is 12.8 Å². The van der Waals surface area contributed by atoms with Crippen LogP contribution in [0.15, 0.2) is 53.6 Å². The van der Waals surface area contributed by atoms with E-state index in [0.717, 1.165) is 25.1 Å². The van der Waals surface area contributed by atoms with E-state index >= 15 is 0 Å². The number of hydrazone groups is 1. The van der Waals surface area contributed by atoms with E-state index in [1.807, 2.05) is 18.2 Å². The summed E-state index contributed by atoms with van der Waals surface area (Å²) >= 11 is 0. The van der Waals surface area contributed by atoms with E-state index in [1.165, 1.54) is 11.8 Å². The van der Waals surface area contributed by atoms with Crippen LogP contribution in [0.5, 0.6) is 5.75 Å². The summed E-state index contributed by atoms with van der Waals surface area (Å²) in [5.74, 6) is -0.0381. The number of phenols is 1. The van der Waals surface area contributed by atoms with Crippen LogP contribution in [-0.2, 0) is 11.2 Å². The van der Waals surface area contributed by atoms with Crippen LogP contribution in [0.1, 0.15) is 17.5 Å². The maximum Gasteiger partial charge on any atom is 0.259 e. The number of nitrogens with zero attached hydrogens (tertiary/aromatic N) is 2. The molecule has 2 N–H and O–H groups in total. The highest BCUT2D eigenvalue weighted by atomic mass is 16.3. The highest BCUT2D eigenvalue weighted by Gasteiger charge is 2.18. The van der Waals surface area contributed by atoms with Crippen LogP contribution < -0.4 is 10.3 Å². The van der Waals surface area contributed by atoms with Crippen molar-refractivity contribution in [1.82, 2.24) is 5.43 Å². The average Bonchev–Trinajstić information content (AvgIpc) is 2.57. The Kier molecular flexibility index (Phi) is 4.57. The second-order valence-corrected chi connectivity index (χ2v) is 5.51. The Morgan fingerprint density at radius 1 is 1.22 bits per heavy atom. The van der Waals surface area contributed by atoms with Gasteiger partial charge in [0.15, 0.2) is 0 Å². The molecule has 0 atom stereocenters. The fraction of sp³-hybridized carbons (Fsp3) is 0.222. The van der Waals surface area contributed by atoms with Gasteiger partial charge in [-0.15, -0.1) is 0 Å². The molecule has 1 aliphatic heterocycles. The third kappa shape index (κ3) is 3.69. The maximum atomic E-state index is 12.1. The predicted molar refractivity (Wildman–Crippen MR) is 90.8 cm³/mol. The molecule has 0 saturated heterocycles. The Bertz CT molecular complexity index is 728. The molecule has 2 aromatic carbocycles. The summed E-state index contributed by atoms with van der Waals surface area (Å²) in [6.45, 7) is 1.14. The number of aromatic hydroxyl groups is 1. The van der Waals surface area contributed by atoms with Crippen LogP contribution in [-0.4, -0.2) is 30.3 Å². The molecule has 23 heavy (non-hydrogen) atoms. The van der Waals surface area contributed by atoms with Gasteiger partial charge in [0.25, 0.3) is 5.91 Å². The quantitative estimate of drug-likeness (QED) is 0.673. The fourth-order valence-corrected chi connectivity index (χ4v) is 2.75. The molecule has 5 heteroatoms. The Balaban J connectivity index is 1.59. The van der Waals surface area contributed by atoms with E-state index < -0.39 is 0 Å². The van der Waals surface area contributed by atoms with Gasteiger partial charge in [-0.3, -0.25) is 4.79 Å². The first kappa shape index (κ1) is 15.1. The number of carbonyl (C=O) groups excluding carboxylic acids is 1. The van der Waals surface area contributed by atoms with Crippen molar-refractivity contribution in [2.24, 2.45) is 5.10 Å². The first-order chi connectivity index (χ1) is 11.2. The normalized spacial score (nSPS) is 13.8. The van der Waals surface area contributed by atoms with E-state index in [-0.39, 0.29) is 18.2 Å². The second kappa shape index (κ2) is 6.96. The smallest absolute Gasteiger partial charge is 0.259 e. The molecule has 0 spiro atoms. The number of anilines is 1. The van der Waals surface area contributed by atoms with Gasteiger partial charge in [0.2, 0.25) is 0 Å². The van der Waals surface area contributed by atoms with Gasteiger partial charge in [-0.2, -0.15) is 5.10 Å².